The van der Waals surface area contributed by atoms with Crippen molar-refractivity contribution in [2.45, 2.75) is 6.42 Å². The van der Waals surface area contributed by atoms with Gasteiger partial charge in [0.2, 0.25) is 0 Å². The minimum absolute atomic E-state index is 0.239. The normalized spacial score (nSPS) is 11.8. The standard InChI is InChI=1S/C5H11ClO4S/c6-2-4-10-3-1-5-11(7,8)9/h1-5H2,(H,7,8,9)/p-1. The molecule has 0 saturated carbocycles. The van der Waals surface area contributed by atoms with E-state index in [0.717, 1.165) is 0 Å². The molecule has 0 radical (unpaired) electrons. The molecule has 0 aliphatic heterocycles. The fourth-order valence-corrected chi connectivity index (χ4v) is 1.07. The van der Waals surface area contributed by atoms with Gasteiger partial charge in [0.05, 0.1) is 16.7 Å². The number of hydrogen-bond acceptors (Lipinski definition) is 4. The van der Waals surface area contributed by atoms with Crippen molar-refractivity contribution < 1.29 is 17.7 Å². The summed E-state index contributed by atoms with van der Waals surface area (Å²) in [6.45, 7) is 0.661. The highest BCUT2D eigenvalue weighted by Gasteiger charge is 1.94. The topological polar surface area (TPSA) is 66.4 Å². The van der Waals surface area contributed by atoms with Crippen molar-refractivity contribution in [3.63, 3.8) is 0 Å². The lowest BCUT2D eigenvalue weighted by Crippen LogP contribution is -2.08. The summed E-state index contributed by atoms with van der Waals surface area (Å²) in [5.74, 6) is 0.0133. The van der Waals surface area contributed by atoms with E-state index in [1.807, 2.05) is 0 Å². The van der Waals surface area contributed by atoms with Crippen LogP contribution in [0.5, 0.6) is 0 Å². The molecule has 0 amide bonds. The summed E-state index contributed by atoms with van der Waals surface area (Å²) < 4.78 is 34.9. The molecule has 0 fully saturated rings. The Kier molecular flexibility index (Phi) is 5.85. The number of rotatable bonds is 6. The number of halogens is 1. The van der Waals surface area contributed by atoms with Gasteiger partial charge in [0.25, 0.3) is 0 Å². The molecular weight excluding hydrogens is 192 g/mol. The second-order valence-electron chi connectivity index (χ2n) is 1.92. The molecule has 11 heavy (non-hydrogen) atoms. The van der Waals surface area contributed by atoms with Crippen LogP contribution in [-0.4, -0.2) is 37.8 Å². The maximum absolute atomic E-state index is 10.0. The van der Waals surface area contributed by atoms with Crippen molar-refractivity contribution in [2.75, 3.05) is 24.8 Å². The van der Waals surface area contributed by atoms with Crippen molar-refractivity contribution in [1.29, 1.82) is 0 Å². The summed E-state index contributed by atoms with van der Waals surface area (Å²) in [6, 6.07) is 0. The van der Waals surface area contributed by atoms with Gasteiger partial charge >= 0.3 is 0 Å². The lowest BCUT2D eigenvalue weighted by molar-refractivity contribution is 0.150. The van der Waals surface area contributed by atoms with Gasteiger partial charge in [0, 0.05) is 18.2 Å². The summed E-state index contributed by atoms with van der Waals surface area (Å²) in [5, 5.41) is 0. The van der Waals surface area contributed by atoms with E-state index in [-0.39, 0.29) is 18.8 Å². The van der Waals surface area contributed by atoms with Gasteiger partial charge in [0.15, 0.2) is 0 Å². The third kappa shape index (κ3) is 10.2. The Bertz CT molecular complexity index is 177. The fourth-order valence-electron chi connectivity index (χ4n) is 0.494. The molecule has 0 atom stereocenters. The monoisotopic (exact) mass is 201 g/mol. The van der Waals surface area contributed by atoms with Crippen LogP contribution in [0.2, 0.25) is 0 Å². The predicted octanol–water partition coefficient (Wildman–Crippen LogP) is 0.177. The second-order valence-corrected chi connectivity index (χ2v) is 3.82. The Labute approximate surface area is 71.2 Å². The van der Waals surface area contributed by atoms with Crippen LogP contribution in [0.25, 0.3) is 0 Å². The van der Waals surface area contributed by atoms with E-state index < -0.39 is 10.1 Å². The summed E-state index contributed by atoms with van der Waals surface area (Å²) in [5.41, 5.74) is 0. The first kappa shape index (κ1) is 11.2. The molecule has 0 aromatic rings. The summed E-state index contributed by atoms with van der Waals surface area (Å²) >= 11 is 5.27. The molecule has 4 nitrogen and oxygen atoms in total. The van der Waals surface area contributed by atoms with Crippen LogP contribution < -0.4 is 0 Å². The third-order valence-electron chi connectivity index (χ3n) is 0.905. The Balaban J connectivity index is 3.16. The van der Waals surface area contributed by atoms with E-state index in [4.69, 9.17) is 16.3 Å². The number of ether oxygens (including phenoxy) is 1. The highest BCUT2D eigenvalue weighted by molar-refractivity contribution is 7.85. The minimum Gasteiger partial charge on any atom is -0.748 e. The Morgan fingerprint density at radius 2 is 2.00 bits per heavy atom. The van der Waals surface area contributed by atoms with Gasteiger partial charge in [-0.05, 0) is 6.42 Å². The van der Waals surface area contributed by atoms with Crippen molar-refractivity contribution in [3.8, 4) is 0 Å². The van der Waals surface area contributed by atoms with Gasteiger partial charge in [0.1, 0.15) is 0 Å². The van der Waals surface area contributed by atoms with Gasteiger partial charge in [-0.15, -0.1) is 11.6 Å². The molecule has 0 spiro atoms. The van der Waals surface area contributed by atoms with E-state index in [9.17, 15) is 13.0 Å². The van der Waals surface area contributed by atoms with Crippen LogP contribution >= 0.6 is 11.6 Å². The molecule has 0 bridgehead atoms. The largest absolute Gasteiger partial charge is 0.748 e. The molecule has 0 rings (SSSR count). The van der Waals surface area contributed by atoms with Gasteiger partial charge in [-0.1, -0.05) is 0 Å². The zero-order valence-electron chi connectivity index (χ0n) is 5.95. The first-order valence-electron chi connectivity index (χ1n) is 3.13. The van der Waals surface area contributed by atoms with Gasteiger partial charge in [-0.25, -0.2) is 8.42 Å². The predicted molar refractivity (Wildman–Crippen MR) is 40.7 cm³/mol. The average Bonchev–Trinajstić information content (AvgIpc) is 1.85. The van der Waals surface area contributed by atoms with Crippen molar-refractivity contribution in [2.24, 2.45) is 0 Å². The zero-order chi connectivity index (χ0) is 8.74. The van der Waals surface area contributed by atoms with Gasteiger partial charge in [-0.2, -0.15) is 0 Å². The Morgan fingerprint density at radius 1 is 1.36 bits per heavy atom. The summed E-state index contributed by atoms with van der Waals surface area (Å²) in [7, 11) is -4.07. The van der Waals surface area contributed by atoms with Gasteiger partial charge in [-0.3, -0.25) is 0 Å². The number of alkyl halides is 1. The molecule has 0 aliphatic carbocycles. The lowest BCUT2D eigenvalue weighted by Gasteiger charge is -2.05. The Hall–Kier alpha value is 0.160. The quantitative estimate of drug-likeness (QED) is 0.349. The molecule has 0 aromatic carbocycles. The van der Waals surface area contributed by atoms with Crippen LogP contribution in [0.15, 0.2) is 0 Å². The molecule has 0 saturated heterocycles. The molecule has 0 N–H and O–H groups in total. The van der Waals surface area contributed by atoms with Crippen molar-refractivity contribution in [3.05, 3.63) is 0 Å². The van der Waals surface area contributed by atoms with E-state index in [1.54, 1.807) is 0 Å². The highest BCUT2D eigenvalue weighted by atomic mass is 35.5. The van der Waals surface area contributed by atoms with Crippen LogP contribution in [0.4, 0.5) is 0 Å². The van der Waals surface area contributed by atoms with Crippen LogP contribution in [-0.2, 0) is 14.9 Å². The SMILES string of the molecule is O=S(=O)([O-])CCCOCCCl. The first-order valence-corrected chi connectivity index (χ1v) is 5.25. The lowest BCUT2D eigenvalue weighted by atomic mass is 10.5. The molecule has 6 heteroatoms. The van der Waals surface area contributed by atoms with Crippen LogP contribution in [0.3, 0.4) is 0 Å². The van der Waals surface area contributed by atoms with E-state index >= 15 is 0 Å². The second kappa shape index (κ2) is 5.77. The maximum Gasteiger partial charge on any atom is 0.0946 e. The maximum atomic E-state index is 10.0. The Morgan fingerprint density at radius 3 is 2.45 bits per heavy atom. The van der Waals surface area contributed by atoms with Gasteiger partial charge < -0.3 is 9.29 Å². The van der Waals surface area contributed by atoms with Crippen LogP contribution in [0, 0.1) is 0 Å². The molecule has 0 unspecified atom stereocenters. The zero-order valence-corrected chi connectivity index (χ0v) is 7.53. The molecule has 68 valence electrons. The van der Waals surface area contributed by atoms with E-state index in [0.29, 0.717) is 12.5 Å². The van der Waals surface area contributed by atoms with Crippen molar-refractivity contribution >= 4 is 21.7 Å². The smallest absolute Gasteiger partial charge is 0.0946 e. The molecule has 0 aromatic heterocycles. The molecule has 0 heterocycles. The van der Waals surface area contributed by atoms with Crippen molar-refractivity contribution in [1.82, 2.24) is 0 Å². The summed E-state index contributed by atoms with van der Waals surface area (Å²) in [6.07, 6.45) is 0.239. The van der Waals surface area contributed by atoms with Crippen LogP contribution in [0.1, 0.15) is 6.42 Å². The summed E-state index contributed by atoms with van der Waals surface area (Å²) in [4.78, 5) is 0. The molecule has 0 aliphatic rings. The van der Waals surface area contributed by atoms with E-state index in [1.165, 1.54) is 0 Å². The highest BCUT2D eigenvalue weighted by Crippen LogP contribution is 1.89. The minimum atomic E-state index is -4.07. The number of hydrogen-bond donors (Lipinski definition) is 0. The fraction of sp³-hybridized carbons (Fsp3) is 1.00. The molecular formula is C5H10ClO4S-. The average molecular weight is 202 g/mol. The van der Waals surface area contributed by atoms with E-state index in [2.05, 4.69) is 0 Å². The first-order chi connectivity index (χ1) is 5.06. The third-order valence-corrected chi connectivity index (χ3v) is 1.85.